The van der Waals surface area contributed by atoms with Crippen molar-refractivity contribution in [1.29, 1.82) is 0 Å². The van der Waals surface area contributed by atoms with Gasteiger partial charge in [0.25, 0.3) is 5.91 Å². The first kappa shape index (κ1) is 18.8. The van der Waals surface area contributed by atoms with Gasteiger partial charge in [-0.05, 0) is 44.6 Å². The highest BCUT2D eigenvalue weighted by Crippen LogP contribution is 2.37. The van der Waals surface area contributed by atoms with Crippen LogP contribution in [0.3, 0.4) is 0 Å². The fourth-order valence-corrected chi connectivity index (χ4v) is 5.06. The van der Waals surface area contributed by atoms with Gasteiger partial charge in [-0.1, -0.05) is 11.6 Å². The molecule has 3 aliphatic heterocycles. The molecule has 0 aliphatic carbocycles. The van der Waals surface area contributed by atoms with Gasteiger partial charge in [-0.3, -0.25) is 9.69 Å². The smallest absolute Gasteiger partial charge is 0.255 e. The monoisotopic (exact) mass is 393 g/mol. The molecule has 1 aromatic rings. The van der Waals surface area contributed by atoms with Gasteiger partial charge in [0.05, 0.1) is 29.5 Å². The van der Waals surface area contributed by atoms with Gasteiger partial charge in [0.1, 0.15) is 5.75 Å². The zero-order valence-electron chi connectivity index (χ0n) is 15.7. The minimum atomic E-state index is -0.147. The van der Waals surface area contributed by atoms with E-state index in [0.717, 1.165) is 26.0 Å². The minimum Gasteiger partial charge on any atom is -0.496 e. The van der Waals surface area contributed by atoms with E-state index >= 15 is 0 Å². The zero-order valence-corrected chi connectivity index (χ0v) is 16.5. The summed E-state index contributed by atoms with van der Waals surface area (Å²) in [6, 6.07) is 4.44. The molecule has 6 nitrogen and oxygen atoms in total. The Balaban J connectivity index is 1.40. The molecule has 3 saturated heterocycles. The number of hydrogen-bond donors (Lipinski definition) is 2. The Labute approximate surface area is 165 Å². The molecule has 3 N–H and O–H groups in total. The first-order chi connectivity index (χ1) is 13.0. The van der Waals surface area contributed by atoms with Crippen LogP contribution in [0.25, 0.3) is 0 Å². The van der Waals surface area contributed by atoms with E-state index in [2.05, 4.69) is 10.2 Å². The molecule has 0 aromatic heterocycles. The number of nitrogens with zero attached hydrogens (tertiary/aromatic N) is 1. The number of carbonyl (C=O) groups is 1. The summed E-state index contributed by atoms with van der Waals surface area (Å²) in [4.78, 5) is 15.5. The maximum Gasteiger partial charge on any atom is 0.255 e. The second-order valence-electron chi connectivity index (χ2n) is 7.93. The number of anilines is 1. The number of ether oxygens (including phenoxy) is 2. The van der Waals surface area contributed by atoms with Crippen molar-refractivity contribution in [1.82, 2.24) is 10.2 Å². The van der Waals surface area contributed by atoms with E-state index in [1.54, 1.807) is 12.1 Å². The van der Waals surface area contributed by atoms with Crippen molar-refractivity contribution in [3.05, 3.63) is 22.7 Å². The molecule has 0 spiro atoms. The fourth-order valence-electron chi connectivity index (χ4n) is 4.89. The summed E-state index contributed by atoms with van der Waals surface area (Å²) in [6.07, 6.45) is 7.13. The number of carbonyl (C=O) groups excluding carboxylic acids is 1. The summed E-state index contributed by atoms with van der Waals surface area (Å²) in [5, 5.41) is 3.56. The third kappa shape index (κ3) is 3.89. The lowest BCUT2D eigenvalue weighted by Crippen LogP contribution is -2.52. The number of rotatable bonds is 5. The van der Waals surface area contributed by atoms with Crippen LogP contribution in [0.1, 0.15) is 48.9 Å². The largest absolute Gasteiger partial charge is 0.496 e. The molecule has 1 aromatic carbocycles. The fraction of sp³-hybridized carbons (Fsp3) is 0.650. The number of methoxy groups -OCH3 is 1. The first-order valence-corrected chi connectivity index (χ1v) is 10.2. The molecule has 0 saturated carbocycles. The molecule has 27 heavy (non-hydrogen) atoms. The number of fused-ring (bicyclic) bond motifs is 2. The first-order valence-electron chi connectivity index (χ1n) is 9.86. The van der Waals surface area contributed by atoms with Crippen molar-refractivity contribution in [2.24, 2.45) is 0 Å². The molecule has 3 aliphatic rings. The molecule has 4 atom stereocenters. The minimum absolute atomic E-state index is 0.147. The Morgan fingerprint density at radius 3 is 2.70 bits per heavy atom. The van der Waals surface area contributed by atoms with Crippen LogP contribution in [0, 0.1) is 0 Å². The predicted molar refractivity (Wildman–Crippen MR) is 105 cm³/mol. The van der Waals surface area contributed by atoms with Crippen LogP contribution in [-0.4, -0.2) is 55.3 Å². The van der Waals surface area contributed by atoms with Gasteiger partial charge in [0, 0.05) is 37.3 Å². The van der Waals surface area contributed by atoms with Crippen molar-refractivity contribution in [3.8, 4) is 5.75 Å². The summed E-state index contributed by atoms with van der Waals surface area (Å²) in [7, 11) is 1.53. The predicted octanol–water partition coefficient (Wildman–Crippen LogP) is 2.84. The van der Waals surface area contributed by atoms with Gasteiger partial charge in [-0.15, -0.1) is 0 Å². The molecule has 4 rings (SSSR count). The number of piperidine rings is 1. The molecular formula is C20H28ClN3O3. The molecule has 2 bridgehead atoms. The average molecular weight is 394 g/mol. The Bertz CT molecular complexity index is 694. The van der Waals surface area contributed by atoms with Crippen molar-refractivity contribution in [3.63, 3.8) is 0 Å². The second kappa shape index (κ2) is 7.86. The third-order valence-electron chi connectivity index (χ3n) is 6.22. The number of nitrogens with two attached hydrogens (primary N) is 1. The van der Waals surface area contributed by atoms with Crippen LogP contribution in [0.15, 0.2) is 12.1 Å². The normalized spacial score (nSPS) is 30.4. The van der Waals surface area contributed by atoms with E-state index in [0.29, 0.717) is 40.2 Å². The van der Waals surface area contributed by atoms with Gasteiger partial charge in [0.15, 0.2) is 0 Å². The highest BCUT2D eigenvalue weighted by Gasteiger charge is 2.42. The van der Waals surface area contributed by atoms with Crippen LogP contribution in [0.4, 0.5) is 5.69 Å². The van der Waals surface area contributed by atoms with Gasteiger partial charge in [-0.2, -0.15) is 0 Å². The zero-order chi connectivity index (χ0) is 19.0. The van der Waals surface area contributed by atoms with E-state index in [1.807, 2.05) is 0 Å². The van der Waals surface area contributed by atoms with Gasteiger partial charge in [0.2, 0.25) is 0 Å². The summed E-state index contributed by atoms with van der Waals surface area (Å²) in [5.41, 5.74) is 6.66. The Morgan fingerprint density at radius 1 is 1.33 bits per heavy atom. The number of amides is 1. The van der Waals surface area contributed by atoms with E-state index in [-0.39, 0.29) is 11.9 Å². The number of nitrogens with one attached hydrogen (secondary N) is 1. The van der Waals surface area contributed by atoms with Gasteiger partial charge < -0.3 is 20.5 Å². The quantitative estimate of drug-likeness (QED) is 0.752. The maximum atomic E-state index is 12.8. The van der Waals surface area contributed by atoms with Crippen LogP contribution < -0.4 is 15.8 Å². The third-order valence-corrected chi connectivity index (χ3v) is 6.55. The summed E-state index contributed by atoms with van der Waals surface area (Å²) in [5.74, 6) is 0.305. The standard InChI is InChI=1S/C20H28ClN3O3/c1-26-19-10-18(22)17(21)9-16(19)20(25)23-12-7-13-4-5-14(8-12)24(13)11-15-3-2-6-27-15/h9-10,12-15H,2-8,11,22H2,1H3,(H,23,25)/t12?,13-,14+,15?. The Morgan fingerprint density at radius 2 is 2.07 bits per heavy atom. The van der Waals surface area contributed by atoms with Crippen molar-refractivity contribution < 1.29 is 14.3 Å². The number of halogens is 1. The van der Waals surface area contributed by atoms with E-state index < -0.39 is 0 Å². The van der Waals surface area contributed by atoms with E-state index in [4.69, 9.17) is 26.8 Å². The topological polar surface area (TPSA) is 76.8 Å². The van der Waals surface area contributed by atoms with E-state index in [9.17, 15) is 4.79 Å². The molecule has 148 valence electrons. The molecule has 3 fully saturated rings. The van der Waals surface area contributed by atoms with Crippen molar-refractivity contribution >= 4 is 23.2 Å². The van der Waals surface area contributed by atoms with Crippen LogP contribution in [0.2, 0.25) is 5.02 Å². The molecule has 2 unspecified atom stereocenters. The number of benzene rings is 1. The highest BCUT2D eigenvalue weighted by atomic mass is 35.5. The van der Waals surface area contributed by atoms with Gasteiger partial charge >= 0.3 is 0 Å². The van der Waals surface area contributed by atoms with Crippen LogP contribution >= 0.6 is 11.6 Å². The summed E-state index contributed by atoms with van der Waals surface area (Å²) in [6.45, 7) is 1.94. The Hall–Kier alpha value is -1.50. The second-order valence-corrected chi connectivity index (χ2v) is 8.34. The molecule has 1 amide bonds. The lowest BCUT2D eigenvalue weighted by molar-refractivity contribution is 0.0332. The average Bonchev–Trinajstić information content (AvgIpc) is 3.23. The maximum absolute atomic E-state index is 12.8. The lowest BCUT2D eigenvalue weighted by atomic mass is 9.96. The summed E-state index contributed by atoms with van der Waals surface area (Å²) >= 11 is 6.11. The van der Waals surface area contributed by atoms with Crippen molar-refractivity contribution in [2.75, 3.05) is 26.0 Å². The van der Waals surface area contributed by atoms with E-state index in [1.165, 1.54) is 32.8 Å². The lowest BCUT2D eigenvalue weighted by Gasteiger charge is -2.40. The molecular weight excluding hydrogens is 366 g/mol. The molecule has 0 radical (unpaired) electrons. The highest BCUT2D eigenvalue weighted by molar-refractivity contribution is 6.33. The SMILES string of the molecule is COc1cc(N)c(Cl)cc1C(=O)NC1C[C@H]2CC[C@@H](C1)N2CC1CCCO1. The van der Waals surface area contributed by atoms with Crippen LogP contribution in [0.5, 0.6) is 5.75 Å². The summed E-state index contributed by atoms with van der Waals surface area (Å²) < 4.78 is 11.1. The molecule has 3 heterocycles. The van der Waals surface area contributed by atoms with Crippen LogP contribution in [-0.2, 0) is 4.74 Å². The number of nitrogen functional groups attached to an aromatic ring is 1. The van der Waals surface area contributed by atoms with Crippen molar-refractivity contribution in [2.45, 2.75) is 62.8 Å². The van der Waals surface area contributed by atoms with Gasteiger partial charge in [-0.25, -0.2) is 0 Å². The Kier molecular flexibility index (Phi) is 5.48. The molecule has 7 heteroatoms. The number of hydrogen-bond acceptors (Lipinski definition) is 5.